The molecule has 0 spiro atoms. The van der Waals surface area contributed by atoms with Crippen LogP contribution in [0.25, 0.3) is 0 Å². The van der Waals surface area contributed by atoms with E-state index >= 15 is 0 Å². The van der Waals surface area contributed by atoms with E-state index in [1.807, 2.05) is 0 Å². The van der Waals surface area contributed by atoms with Crippen molar-refractivity contribution in [2.75, 3.05) is 32.8 Å². The fourth-order valence-electron chi connectivity index (χ4n) is 1.37. The SMILES string of the molecule is NC[C@@H](NC(=O)O)C(=O)N1CCOCC1. The number of ether oxygens (including phenoxy) is 1. The molecule has 0 aromatic rings. The Morgan fingerprint density at radius 1 is 1.47 bits per heavy atom. The minimum atomic E-state index is -1.24. The lowest BCUT2D eigenvalue weighted by Gasteiger charge is -2.29. The molecule has 2 amide bonds. The first-order chi connectivity index (χ1) is 7.15. The highest BCUT2D eigenvalue weighted by Gasteiger charge is 2.25. The van der Waals surface area contributed by atoms with E-state index in [1.165, 1.54) is 0 Å². The van der Waals surface area contributed by atoms with Gasteiger partial charge in [0.15, 0.2) is 0 Å². The van der Waals surface area contributed by atoms with Crippen LogP contribution >= 0.6 is 0 Å². The summed E-state index contributed by atoms with van der Waals surface area (Å²) in [5.41, 5.74) is 5.32. The lowest BCUT2D eigenvalue weighted by molar-refractivity contribution is -0.137. The highest BCUT2D eigenvalue weighted by molar-refractivity contribution is 5.85. The standard InChI is InChI=1S/C8H15N3O4/c9-5-6(10-8(13)14)7(12)11-1-3-15-4-2-11/h6,10H,1-5,9H2,(H,13,14)/t6-/m1/s1. The summed E-state index contributed by atoms with van der Waals surface area (Å²) in [5.74, 6) is -0.289. The number of amides is 2. The monoisotopic (exact) mass is 217 g/mol. The zero-order valence-corrected chi connectivity index (χ0v) is 8.31. The molecule has 1 aliphatic heterocycles. The molecular weight excluding hydrogens is 202 g/mol. The number of carbonyl (C=O) groups excluding carboxylic acids is 1. The molecule has 1 fully saturated rings. The van der Waals surface area contributed by atoms with E-state index in [2.05, 4.69) is 5.32 Å². The van der Waals surface area contributed by atoms with Gasteiger partial charge < -0.3 is 25.8 Å². The van der Waals surface area contributed by atoms with Crippen LogP contribution < -0.4 is 11.1 Å². The van der Waals surface area contributed by atoms with Crippen molar-refractivity contribution in [1.29, 1.82) is 0 Å². The van der Waals surface area contributed by atoms with Gasteiger partial charge in [0.2, 0.25) is 5.91 Å². The predicted octanol–water partition coefficient (Wildman–Crippen LogP) is -1.56. The molecule has 15 heavy (non-hydrogen) atoms. The second-order valence-electron chi connectivity index (χ2n) is 3.18. The minimum absolute atomic E-state index is 0.0392. The molecule has 1 heterocycles. The van der Waals surface area contributed by atoms with E-state index < -0.39 is 12.1 Å². The number of hydrogen-bond acceptors (Lipinski definition) is 4. The van der Waals surface area contributed by atoms with Gasteiger partial charge >= 0.3 is 6.09 Å². The summed E-state index contributed by atoms with van der Waals surface area (Å²) in [6.07, 6.45) is -1.24. The fourth-order valence-corrected chi connectivity index (χ4v) is 1.37. The van der Waals surface area contributed by atoms with Gasteiger partial charge in [-0.1, -0.05) is 0 Å². The lowest BCUT2D eigenvalue weighted by Crippen LogP contribution is -2.54. The van der Waals surface area contributed by atoms with Gasteiger partial charge in [-0.2, -0.15) is 0 Å². The number of rotatable bonds is 3. The number of nitrogens with zero attached hydrogens (tertiary/aromatic N) is 1. The van der Waals surface area contributed by atoms with Gasteiger partial charge in [0, 0.05) is 19.6 Å². The number of hydrogen-bond donors (Lipinski definition) is 3. The Bertz CT molecular complexity index is 240. The predicted molar refractivity (Wildman–Crippen MR) is 51.4 cm³/mol. The number of carbonyl (C=O) groups is 2. The third-order valence-corrected chi connectivity index (χ3v) is 2.15. The third kappa shape index (κ3) is 3.37. The largest absolute Gasteiger partial charge is 0.465 e. The molecule has 7 nitrogen and oxygen atoms in total. The van der Waals surface area contributed by atoms with Gasteiger partial charge in [-0.05, 0) is 0 Å². The van der Waals surface area contributed by atoms with E-state index in [4.69, 9.17) is 15.6 Å². The Morgan fingerprint density at radius 3 is 2.53 bits per heavy atom. The van der Waals surface area contributed by atoms with E-state index in [0.29, 0.717) is 26.3 Å². The highest BCUT2D eigenvalue weighted by Crippen LogP contribution is 2.00. The Labute approximate surface area is 87.2 Å². The molecule has 1 rings (SSSR count). The summed E-state index contributed by atoms with van der Waals surface area (Å²) in [7, 11) is 0. The highest BCUT2D eigenvalue weighted by atomic mass is 16.5. The van der Waals surface area contributed by atoms with Crippen molar-refractivity contribution in [2.45, 2.75) is 6.04 Å². The molecule has 0 aliphatic carbocycles. The summed E-state index contributed by atoms with van der Waals surface area (Å²) < 4.78 is 5.08. The summed E-state index contributed by atoms with van der Waals surface area (Å²) >= 11 is 0. The Kier molecular flexibility index (Phi) is 4.32. The van der Waals surface area contributed by atoms with E-state index in [9.17, 15) is 9.59 Å². The van der Waals surface area contributed by atoms with Gasteiger partial charge in [-0.3, -0.25) is 4.79 Å². The Balaban J connectivity index is 2.50. The van der Waals surface area contributed by atoms with Gasteiger partial charge in [-0.25, -0.2) is 4.79 Å². The van der Waals surface area contributed by atoms with Gasteiger partial charge in [0.25, 0.3) is 0 Å². The molecule has 0 bridgehead atoms. The first-order valence-electron chi connectivity index (χ1n) is 4.71. The minimum Gasteiger partial charge on any atom is -0.465 e. The number of carboxylic acid groups (broad SMARTS) is 1. The summed E-state index contributed by atoms with van der Waals surface area (Å²) in [6.45, 7) is 1.89. The second kappa shape index (κ2) is 5.52. The van der Waals surface area contributed by atoms with Crippen molar-refractivity contribution >= 4 is 12.0 Å². The van der Waals surface area contributed by atoms with Crippen LogP contribution in [0, 0.1) is 0 Å². The van der Waals surface area contributed by atoms with Crippen LogP contribution in [0.1, 0.15) is 0 Å². The molecule has 0 aromatic heterocycles. The molecular formula is C8H15N3O4. The first kappa shape index (κ1) is 11.7. The average molecular weight is 217 g/mol. The molecule has 0 radical (unpaired) electrons. The van der Waals surface area contributed by atoms with Crippen LogP contribution in [0.2, 0.25) is 0 Å². The lowest BCUT2D eigenvalue weighted by atomic mass is 10.2. The summed E-state index contributed by atoms with van der Waals surface area (Å²) in [4.78, 5) is 23.7. The number of nitrogens with two attached hydrogens (primary N) is 1. The molecule has 1 atom stereocenters. The maximum absolute atomic E-state index is 11.7. The molecule has 1 saturated heterocycles. The van der Waals surface area contributed by atoms with Crippen molar-refractivity contribution in [1.82, 2.24) is 10.2 Å². The first-order valence-corrected chi connectivity index (χ1v) is 4.71. The van der Waals surface area contributed by atoms with E-state index in [1.54, 1.807) is 4.90 Å². The number of nitrogens with one attached hydrogen (secondary N) is 1. The average Bonchev–Trinajstić information content (AvgIpc) is 2.26. The van der Waals surface area contributed by atoms with Crippen LogP contribution in [0.4, 0.5) is 4.79 Å². The van der Waals surface area contributed by atoms with Crippen molar-refractivity contribution in [3.8, 4) is 0 Å². The van der Waals surface area contributed by atoms with Crippen molar-refractivity contribution in [2.24, 2.45) is 5.73 Å². The molecule has 0 aromatic carbocycles. The van der Waals surface area contributed by atoms with Crippen LogP contribution in [0.3, 0.4) is 0 Å². The fraction of sp³-hybridized carbons (Fsp3) is 0.750. The third-order valence-electron chi connectivity index (χ3n) is 2.15. The zero-order valence-electron chi connectivity index (χ0n) is 8.31. The Morgan fingerprint density at radius 2 is 2.07 bits per heavy atom. The van der Waals surface area contributed by atoms with Crippen LogP contribution in [0.5, 0.6) is 0 Å². The summed E-state index contributed by atoms with van der Waals surface area (Å²) in [5, 5.41) is 10.6. The molecule has 0 unspecified atom stereocenters. The molecule has 4 N–H and O–H groups in total. The molecule has 0 saturated carbocycles. The van der Waals surface area contributed by atoms with Crippen molar-refractivity contribution in [3.63, 3.8) is 0 Å². The smallest absolute Gasteiger partial charge is 0.405 e. The van der Waals surface area contributed by atoms with Gasteiger partial charge in [0.05, 0.1) is 13.2 Å². The van der Waals surface area contributed by atoms with Crippen LogP contribution in [-0.4, -0.2) is 60.9 Å². The van der Waals surface area contributed by atoms with Crippen molar-refractivity contribution < 1.29 is 19.4 Å². The van der Waals surface area contributed by atoms with E-state index in [-0.39, 0.29) is 12.5 Å². The van der Waals surface area contributed by atoms with Crippen LogP contribution in [-0.2, 0) is 9.53 Å². The van der Waals surface area contributed by atoms with Gasteiger partial charge in [-0.15, -0.1) is 0 Å². The zero-order chi connectivity index (χ0) is 11.3. The topological polar surface area (TPSA) is 105 Å². The second-order valence-corrected chi connectivity index (χ2v) is 3.18. The normalized spacial score (nSPS) is 18.3. The quantitative estimate of drug-likeness (QED) is 0.530. The maximum atomic E-state index is 11.7. The van der Waals surface area contributed by atoms with Crippen LogP contribution in [0.15, 0.2) is 0 Å². The molecule has 7 heteroatoms. The van der Waals surface area contributed by atoms with Gasteiger partial charge in [0.1, 0.15) is 6.04 Å². The maximum Gasteiger partial charge on any atom is 0.405 e. The summed E-state index contributed by atoms with van der Waals surface area (Å²) in [6, 6.07) is -0.861. The Hall–Kier alpha value is -1.34. The van der Waals surface area contributed by atoms with Crippen molar-refractivity contribution in [3.05, 3.63) is 0 Å². The molecule has 86 valence electrons. The van der Waals surface area contributed by atoms with E-state index in [0.717, 1.165) is 0 Å². The molecule has 1 aliphatic rings. The number of morpholine rings is 1.